The largest absolute Gasteiger partial charge is 0.321 e. The molecule has 4 rings (SSSR count). The summed E-state index contributed by atoms with van der Waals surface area (Å²) >= 11 is 2.76. The van der Waals surface area contributed by atoms with Crippen LogP contribution in [0.5, 0.6) is 0 Å². The molecule has 0 fully saturated rings. The summed E-state index contributed by atoms with van der Waals surface area (Å²) in [5.74, 6) is -1.03. The highest BCUT2D eigenvalue weighted by molar-refractivity contribution is 8.00. The first-order valence-corrected chi connectivity index (χ1v) is 13.5. The molecule has 10 heteroatoms. The van der Waals surface area contributed by atoms with Gasteiger partial charge in [-0.05, 0) is 54.5 Å². The van der Waals surface area contributed by atoms with Gasteiger partial charge in [-0.25, -0.2) is 4.98 Å². The molecule has 0 bridgehead atoms. The first-order valence-electron chi connectivity index (χ1n) is 11.8. The number of nitrogens with one attached hydrogen (secondary N) is 3. The Labute approximate surface area is 228 Å². The molecule has 3 N–H and O–H groups in total. The number of amides is 3. The van der Waals surface area contributed by atoms with Crippen molar-refractivity contribution in [3.05, 3.63) is 108 Å². The Hall–Kier alpha value is -4.28. The number of aromatic nitrogens is 2. The Balaban J connectivity index is 1.49. The fourth-order valence-electron chi connectivity index (χ4n) is 3.37. The van der Waals surface area contributed by atoms with E-state index in [0.717, 1.165) is 4.90 Å². The van der Waals surface area contributed by atoms with E-state index in [1.807, 2.05) is 19.1 Å². The van der Waals surface area contributed by atoms with Gasteiger partial charge in [-0.15, -0.1) is 23.1 Å². The van der Waals surface area contributed by atoms with Gasteiger partial charge in [0, 0.05) is 40.1 Å². The van der Waals surface area contributed by atoms with Crippen molar-refractivity contribution in [3.8, 4) is 0 Å². The van der Waals surface area contributed by atoms with Gasteiger partial charge in [0.2, 0.25) is 5.91 Å². The van der Waals surface area contributed by atoms with Crippen molar-refractivity contribution < 1.29 is 14.4 Å². The molecule has 0 aliphatic heterocycles. The second-order valence-electron chi connectivity index (χ2n) is 7.99. The summed E-state index contributed by atoms with van der Waals surface area (Å²) in [6, 6.07) is 19.4. The van der Waals surface area contributed by atoms with Gasteiger partial charge in [-0.1, -0.05) is 37.3 Å². The van der Waals surface area contributed by atoms with E-state index in [2.05, 4.69) is 25.9 Å². The number of rotatable bonds is 10. The monoisotopic (exact) mass is 543 g/mol. The molecule has 0 spiro atoms. The van der Waals surface area contributed by atoms with Crippen LogP contribution >= 0.6 is 23.1 Å². The molecule has 0 aliphatic rings. The number of carbonyl (C=O) groups is 3. The molecular formula is C28H25N5O3S2. The first kappa shape index (κ1) is 26.8. The standard InChI is InChI=1S/C28H25N5O3S2/c1-2-24(27(36)33-28-30-14-15-37-28)38-22-12-6-11-21(17-22)31-26(35)23(16-19-8-7-13-29-18-19)32-25(34)20-9-4-3-5-10-20/h3-18,24H,2H2,1H3,(H,31,35)(H,32,34)(H,30,33,36)/b23-16-. The van der Waals surface area contributed by atoms with Crippen molar-refractivity contribution in [1.82, 2.24) is 15.3 Å². The van der Waals surface area contributed by atoms with E-state index < -0.39 is 11.8 Å². The molecule has 38 heavy (non-hydrogen) atoms. The molecular weight excluding hydrogens is 518 g/mol. The maximum absolute atomic E-state index is 13.3. The average molecular weight is 544 g/mol. The van der Waals surface area contributed by atoms with E-state index in [0.29, 0.717) is 28.4 Å². The van der Waals surface area contributed by atoms with E-state index in [1.54, 1.807) is 84.6 Å². The van der Waals surface area contributed by atoms with Gasteiger partial charge in [0.25, 0.3) is 11.8 Å². The number of benzene rings is 2. The van der Waals surface area contributed by atoms with Gasteiger partial charge in [-0.3, -0.25) is 19.4 Å². The normalized spacial score (nSPS) is 11.9. The van der Waals surface area contributed by atoms with Gasteiger partial charge in [0.05, 0.1) is 5.25 Å². The van der Waals surface area contributed by atoms with Gasteiger partial charge in [0.15, 0.2) is 5.13 Å². The summed E-state index contributed by atoms with van der Waals surface area (Å²) < 4.78 is 0. The van der Waals surface area contributed by atoms with Crippen LogP contribution in [0, 0.1) is 0 Å². The topological polar surface area (TPSA) is 113 Å². The second kappa shape index (κ2) is 13.3. The predicted octanol–water partition coefficient (Wildman–Crippen LogP) is 5.46. The van der Waals surface area contributed by atoms with Crippen LogP contribution in [0.1, 0.15) is 29.3 Å². The summed E-state index contributed by atoms with van der Waals surface area (Å²) in [6.07, 6.45) is 7.05. The molecule has 2 aromatic heterocycles. The summed E-state index contributed by atoms with van der Waals surface area (Å²) in [5, 5.41) is 10.4. The minimum atomic E-state index is -0.492. The summed E-state index contributed by atoms with van der Waals surface area (Å²) in [5.41, 5.74) is 1.69. The number of pyridine rings is 1. The number of thiazole rings is 1. The minimum absolute atomic E-state index is 0.0687. The number of hydrogen-bond donors (Lipinski definition) is 3. The molecule has 0 saturated heterocycles. The van der Waals surface area contributed by atoms with Crippen molar-refractivity contribution in [2.24, 2.45) is 0 Å². The Kier molecular flexibility index (Phi) is 9.38. The van der Waals surface area contributed by atoms with E-state index in [4.69, 9.17) is 0 Å². The predicted molar refractivity (Wildman–Crippen MR) is 152 cm³/mol. The van der Waals surface area contributed by atoms with Crippen LogP contribution in [0.25, 0.3) is 6.08 Å². The van der Waals surface area contributed by atoms with E-state index >= 15 is 0 Å². The van der Waals surface area contributed by atoms with Crippen LogP contribution in [0.15, 0.2) is 101 Å². The first-order chi connectivity index (χ1) is 18.5. The number of nitrogens with zero attached hydrogens (tertiary/aromatic N) is 2. The zero-order chi connectivity index (χ0) is 26.7. The third-order valence-corrected chi connectivity index (χ3v) is 7.27. The highest BCUT2D eigenvalue weighted by Gasteiger charge is 2.20. The molecule has 1 atom stereocenters. The lowest BCUT2D eigenvalue weighted by atomic mass is 10.2. The molecule has 0 radical (unpaired) electrons. The van der Waals surface area contributed by atoms with Gasteiger partial charge >= 0.3 is 0 Å². The van der Waals surface area contributed by atoms with Crippen LogP contribution in [0.3, 0.4) is 0 Å². The molecule has 2 aromatic carbocycles. The quantitative estimate of drug-likeness (QED) is 0.181. The van der Waals surface area contributed by atoms with Crippen molar-refractivity contribution in [3.63, 3.8) is 0 Å². The van der Waals surface area contributed by atoms with Crippen LogP contribution in [0.4, 0.5) is 10.8 Å². The molecule has 8 nitrogen and oxygen atoms in total. The number of anilines is 2. The lowest BCUT2D eigenvalue weighted by Gasteiger charge is -2.15. The van der Waals surface area contributed by atoms with Gasteiger partial charge in [0.1, 0.15) is 5.70 Å². The number of thioether (sulfide) groups is 1. The fraction of sp³-hybridized carbons (Fsp3) is 0.107. The zero-order valence-corrected chi connectivity index (χ0v) is 22.1. The van der Waals surface area contributed by atoms with Gasteiger partial charge < -0.3 is 16.0 Å². The van der Waals surface area contributed by atoms with Crippen molar-refractivity contribution in [1.29, 1.82) is 0 Å². The van der Waals surface area contributed by atoms with Crippen LogP contribution in [-0.2, 0) is 9.59 Å². The Morgan fingerprint density at radius 2 is 1.84 bits per heavy atom. The number of carbonyl (C=O) groups excluding carboxylic acids is 3. The third kappa shape index (κ3) is 7.61. The van der Waals surface area contributed by atoms with Gasteiger partial charge in [-0.2, -0.15) is 0 Å². The van der Waals surface area contributed by atoms with Crippen LogP contribution in [-0.4, -0.2) is 32.9 Å². The molecule has 4 aromatic rings. The van der Waals surface area contributed by atoms with E-state index in [9.17, 15) is 14.4 Å². The van der Waals surface area contributed by atoms with Crippen molar-refractivity contribution in [2.75, 3.05) is 10.6 Å². The lowest BCUT2D eigenvalue weighted by Crippen LogP contribution is -2.30. The fourth-order valence-corrected chi connectivity index (χ4v) is 4.92. The van der Waals surface area contributed by atoms with Crippen LogP contribution in [0.2, 0.25) is 0 Å². The SMILES string of the molecule is CCC(Sc1cccc(NC(=O)/C(=C/c2cccnc2)NC(=O)c2ccccc2)c1)C(=O)Nc1nccs1. The van der Waals surface area contributed by atoms with E-state index in [1.165, 1.54) is 23.1 Å². The maximum atomic E-state index is 13.3. The maximum Gasteiger partial charge on any atom is 0.272 e. The highest BCUT2D eigenvalue weighted by Crippen LogP contribution is 2.29. The smallest absolute Gasteiger partial charge is 0.272 e. The second-order valence-corrected chi connectivity index (χ2v) is 10.2. The third-order valence-electron chi connectivity index (χ3n) is 5.22. The average Bonchev–Trinajstić information content (AvgIpc) is 3.45. The van der Waals surface area contributed by atoms with Crippen LogP contribution < -0.4 is 16.0 Å². The number of hydrogen-bond acceptors (Lipinski definition) is 7. The molecule has 192 valence electrons. The highest BCUT2D eigenvalue weighted by atomic mass is 32.2. The molecule has 1 unspecified atom stereocenters. The van der Waals surface area contributed by atoms with E-state index in [-0.39, 0.29) is 16.9 Å². The summed E-state index contributed by atoms with van der Waals surface area (Å²) in [7, 11) is 0. The molecule has 2 heterocycles. The van der Waals surface area contributed by atoms with Crippen molar-refractivity contribution in [2.45, 2.75) is 23.5 Å². The Bertz CT molecular complexity index is 1410. The van der Waals surface area contributed by atoms with Crippen molar-refractivity contribution >= 4 is 57.7 Å². The molecule has 0 saturated carbocycles. The Morgan fingerprint density at radius 3 is 2.55 bits per heavy atom. The zero-order valence-electron chi connectivity index (χ0n) is 20.5. The molecule has 3 amide bonds. The summed E-state index contributed by atoms with van der Waals surface area (Å²) in [6.45, 7) is 1.94. The lowest BCUT2D eigenvalue weighted by molar-refractivity contribution is -0.116. The Morgan fingerprint density at radius 1 is 1.00 bits per heavy atom. The summed E-state index contributed by atoms with van der Waals surface area (Å²) in [4.78, 5) is 47.8. The minimum Gasteiger partial charge on any atom is -0.321 e. The molecule has 0 aliphatic carbocycles.